The Labute approximate surface area is 235 Å². The van der Waals surface area contributed by atoms with Crippen LogP contribution in [-0.4, -0.2) is 34.4 Å². The first kappa shape index (κ1) is 27.4. The number of ether oxygens (including phenoxy) is 2. The molecule has 3 aromatic rings. The van der Waals surface area contributed by atoms with Gasteiger partial charge in [-0.05, 0) is 42.0 Å². The number of nitro groups is 1. The lowest BCUT2D eigenvalue weighted by Crippen LogP contribution is -2.37. The van der Waals surface area contributed by atoms with E-state index in [1.807, 2.05) is 19.1 Å². The monoisotopic (exact) mass is 562 g/mol. The van der Waals surface area contributed by atoms with Crippen LogP contribution in [0.3, 0.4) is 0 Å². The highest BCUT2D eigenvalue weighted by atomic mass is 32.2. The maximum atomic E-state index is 13.6. The van der Waals surface area contributed by atoms with Crippen LogP contribution in [0.4, 0.5) is 11.5 Å². The number of aromatic amines is 1. The smallest absolute Gasteiger partial charge is 0.269 e. The molecule has 2 N–H and O–H groups in total. The number of hydrogen-bond acceptors (Lipinski definition) is 9. The number of rotatable bonds is 8. The number of allylic oxidation sites excluding steroid dienone is 2. The number of nitro benzene ring substituents is 1. The number of carbonyl (C=O) groups is 1. The number of H-pyrrole nitrogens is 1. The second-order valence-electron chi connectivity index (χ2n) is 10.6. The van der Waals surface area contributed by atoms with Crippen LogP contribution in [0.15, 0.2) is 63.7 Å². The first-order valence-corrected chi connectivity index (χ1v) is 13.9. The number of methoxy groups -OCH3 is 1. The van der Waals surface area contributed by atoms with E-state index in [0.29, 0.717) is 58.8 Å². The van der Waals surface area contributed by atoms with Crippen LogP contribution in [-0.2, 0) is 10.5 Å². The summed E-state index contributed by atoms with van der Waals surface area (Å²) in [6.07, 6.45) is 1.01. The minimum atomic E-state index is -0.621. The lowest BCUT2D eigenvalue weighted by molar-refractivity contribution is -0.384. The van der Waals surface area contributed by atoms with Gasteiger partial charge < -0.3 is 19.8 Å². The molecule has 0 radical (unpaired) electrons. The fraction of sp³-hybridized carbons (Fsp3) is 0.345. The van der Waals surface area contributed by atoms with E-state index in [1.54, 1.807) is 25.3 Å². The number of anilines is 1. The summed E-state index contributed by atoms with van der Waals surface area (Å²) in [6, 6.07) is 11.7. The molecule has 2 heterocycles. The second kappa shape index (κ2) is 10.8. The van der Waals surface area contributed by atoms with Crippen molar-refractivity contribution < 1.29 is 19.2 Å². The van der Waals surface area contributed by atoms with Crippen LogP contribution in [0.5, 0.6) is 11.5 Å². The van der Waals surface area contributed by atoms with E-state index in [2.05, 4.69) is 24.1 Å². The van der Waals surface area contributed by atoms with Gasteiger partial charge in [0, 0.05) is 41.5 Å². The minimum absolute atomic E-state index is 0.00160. The molecule has 0 amide bonds. The number of fused-ring (bicyclic) bond motifs is 1. The molecule has 0 saturated carbocycles. The van der Waals surface area contributed by atoms with E-state index in [1.165, 1.54) is 23.9 Å². The number of thioether (sulfide) groups is 1. The molecule has 1 aliphatic carbocycles. The van der Waals surface area contributed by atoms with Crippen molar-refractivity contribution in [3.05, 3.63) is 90.9 Å². The van der Waals surface area contributed by atoms with Gasteiger partial charge in [-0.25, -0.2) is 4.98 Å². The molecule has 0 fully saturated rings. The van der Waals surface area contributed by atoms with Crippen molar-refractivity contribution in [2.45, 2.75) is 50.4 Å². The van der Waals surface area contributed by atoms with Gasteiger partial charge in [0.05, 0.1) is 24.2 Å². The van der Waals surface area contributed by atoms with Gasteiger partial charge in [0.25, 0.3) is 11.2 Å². The van der Waals surface area contributed by atoms with Crippen molar-refractivity contribution in [2.24, 2.45) is 5.41 Å². The number of ketones is 1. The van der Waals surface area contributed by atoms with Gasteiger partial charge >= 0.3 is 0 Å². The molecule has 2 aliphatic rings. The normalized spacial score (nSPS) is 17.5. The predicted octanol–water partition coefficient (Wildman–Crippen LogP) is 5.58. The summed E-state index contributed by atoms with van der Waals surface area (Å²) >= 11 is 1.32. The number of nitrogens with zero attached hydrogens (tertiary/aromatic N) is 2. The Morgan fingerprint density at radius 1 is 1.12 bits per heavy atom. The molecule has 0 spiro atoms. The molecular weight excluding hydrogens is 532 g/mol. The molecule has 10 nitrogen and oxygen atoms in total. The van der Waals surface area contributed by atoms with E-state index in [4.69, 9.17) is 14.5 Å². The maximum absolute atomic E-state index is 13.6. The Hall–Kier alpha value is -4.12. The Bertz CT molecular complexity index is 1580. The number of hydrogen-bond donors (Lipinski definition) is 2. The standard InChI is InChI=1S/C29H30N4O6S/c1-5-39-21-11-8-17(12-22(21)38-4)23-24-19(13-29(2,3)14-20(24)34)30-26-25(23)27(35)32-28(31-26)40-15-16-6-9-18(10-7-16)33(36)37/h6-12,23H,5,13-15H2,1-4H3,(H2,30,31,32,35). The molecule has 1 aliphatic heterocycles. The highest BCUT2D eigenvalue weighted by molar-refractivity contribution is 7.98. The van der Waals surface area contributed by atoms with Crippen LogP contribution in [0.25, 0.3) is 0 Å². The van der Waals surface area contributed by atoms with E-state index in [-0.39, 0.29) is 22.4 Å². The Morgan fingerprint density at radius 3 is 2.55 bits per heavy atom. The number of Topliss-reactive ketones (excluding diaryl/α,β-unsaturated/α-hetero) is 1. The van der Waals surface area contributed by atoms with Gasteiger partial charge in [-0.3, -0.25) is 19.7 Å². The third-order valence-corrected chi connectivity index (χ3v) is 7.99. The second-order valence-corrected chi connectivity index (χ2v) is 11.5. The maximum Gasteiger partial charge on any atom is 0.269 e. The van der Waals surface area contributed by atoms with Crippen molar-refractivity contribution in [2.75, 3.05) is 19.0 Å². The summed E-state index contributed by atoms with van der Waals surface area (Å²) in [4.78, 5) is 45.3. The average Bonchev–Trinajstić information content (AvgIpc) is 2.90. The number of nitrogens with one attached hydrogen (secondary N) is 2. The van der Waals surface area contributed by atoms with Crippen LogP contribution in [0.2, 0.25) is 0 Å². The molecule has 11 heteroatoms. The molecule has 0 saturated heterocycles. The fourth-order valence-electron chi connectivity index (χ4n) is 5.30. The van der Waals surface area contributed by atoms with Crippen LogP contribution < -0.4 is 20.3 Å². The quantitative estimate of drug-likeness (QED) is 0.156. The van der Waals surface area contributed by atoms with Gasteiger partial charge in [-0.1, -0.05) is 43.8 Å². The molecule has 1 unspecified atom stereocenters. The van der Waals surface area contributed by atoms with Crippen molar-refractivity contribution in [1.82, 2.24) is 9.97 Å². The molecule has 208 valence electrons. The lowest BCUT2D eigenvalue weighted by atomic mass is 9.69. The number of carbonyl (C=O) groups excluding carboxylic acids is 1. The SMILES string of the molecule is CCOc1ccc(C2C3=C(CC(C)(C)CC3=O)Nc3nc(SCc4ccc([N+](=O)[O-])cc4)[nH]c(=O)c32)cc1OC. The molecular formula is C29H30N4O6S. The third-order valence-electron chi connectivity index (χ3n) is 7.04. The van der Waals surface area contributed by atoms with E-state index in [0.717, 1.165) is 16.8 Å². The Morgan fingerprint density at radius 2 is 1.88 bits per heavy atom. The Balaban J connectivity index is 1.55. The minimum Gasteiger partial charge on any atom is -0.493 e. The first-order chi connectivity index (χ1) is 19.1. The van der Waals surface area contributed by atoms with Gasteiger partial charge in [0.15, 0.2) is 22.4 Å². The summed E-state index contributed by atoms with van der Waals surface area (Å²) in [6.45, 7) is 6.46. The summed E-state index contributed by atoms with van der Waals surface area (Å²) in [7, 11) is 1.56. The highest BCUT2D eigenvalue weighted by Gasteiger charge is 2.42. The van der Waals surface area contributed by atoms with Gasteiger partial charge in [0.1, 0.15) is 5.82 Å². The van der Waals surface area contributed by atoms with E-state index >= 15 is 0 Å². The Kier molecular flexibility index (Phi) is 7.41. The zero-order valence-corrected chi connectivity index (χ0v) is 23.5. The van der Waals surface area contributed by atoms with Gasteiger partial charge in [-0.15, -0.1) is 0 Å². The summed E-state index contributed by atoms with van der Waals surface area (Å²) in [5.41, 5.74) is 2.76. The van der Waals surface area contributed by atoms with Crippen LogP contribution in [0.1, 0.15) is 56.2 Å². The third kappa shape index (κ3) is 5.33. The van der Waals surface area contributed by atoms with Crippen LogP contribution in [0, 0.1) is 15.5 Å². The van der Waals surface area contributed by atoms with Crippen LogP contribution >= 0.6 is 11.8 Å². The number of non-ortho nitro benzene ring substituents is 1. The van der Waals surface area contributed by atoms with Crippen molar-refractivity contribution in [3.63, 3.8) is 0 Å². The lowest BCUT2D eigenvalue weighted by Gasteiger charge is -2.38. The zero-order valence-electron chi connectivity index (χ0n) is 22.7. The zero-order chi connectivity index (χ0) is 28.6. The van der Waals surface area contributed by atoms with Gasteiger partial charge in [-0.2, -0.15) is 0 Å². The fourth-order valence-corrected chi connectivity index (χ4v) is 6.12. The summed E-state index contributed by atoms with van der Waals surface area (Å²) in [5.74, 6) is 1.35. The molecule has 5 rings (SSSR count). The molecule has 0 bridgehead atoms. The first-order valence-electron chi connectivity index (χ1n) is 12.9. The predicted molar refractivity (Wildman–Crippen MR) is 152 cm³/mol. The number of benzene rings is 2. The molecule has 1 atom stereocenters. The van der Waals surface area contributed by atoms with E-state index < -0.39 is 10.8 Å². The van der Waals surface area contributed by atoms with Crippen molar-refractivity contribution in [3.8, 4) is 11.5 Å². The largest absolute Gasteiger partial charge is 0.493 e. The average molecular weight is 563 g/mol. The highest BCUT2D eigenvalue weighted by Crippen LogP contribution is 2.48. The van der Waals surface area contributed by atoms with Gasteiger partial charge in [0.2, 0.25) is 0 Å². The van der Waals surface area contributed by atoms with Crippen molar-refractivity contribution >= 4 is 29.1 Å². The van der Waals surface area contributed by atoms with Crippen molar-refractivity contribution in [1.29, 1.82) is 0 Å². The molecule has 1 aromatic heterocycles. The summed E-state index contributed by atoms with van der Waals surface area (Å²) in [5, 5.41) is 14.7. The molecule has 40 heavy (non-hydrogen) atoms. The topological polar surface area (TPSA) is 136 Å². The summed E-state index contributed by atoms with van der Waals surface area (Å²) < 4.78 is 11.3. The molecule has 2 aromatic carbocycles. The number of aromatic nitrogens is 2. The van der Waals surface area contributed by atoms with E-state index in [9.17, 15) is 19.7 Å².